The van der Waals surface area contributed by atoms with E-state index in [1.807, 2.05) is 0 Å². The predicted molar refractivity (Wildman–Crippen MR) is 106 cm³/mol. The molecule has 2 heterocycles. The quantitative estimate of drug-likeness (QED) is 0.235. The summed E-state index contributed by atoms with van der Waals surface area (Å²) in [5.41, 5.74) is -0.301. The third kappa shape index (κ3) is 5.31. The first-order chi connectivity index (χ1) is 14.7. The number of Topliss-reactive ketones (excluding diaryl/α,β-unsaturated/α-hetero) is 1. The van der Waals surface area contributed by atoms with Gasteiger partial charge in [-0.2, -0.15) is 0 Å². The molecule has 10 nitrogen and oxygen atoms in total. The molecule has 31 heavy (non-hydrogen) atoms. The van der Waals surface area contributed by atoms with Crippen molar-refractivity contribution in [3.05, 3.63) is 33.9 Å². The molecule has 0 aromatic heterocycles. The van der Waals surface area contributed by atoms with Crippen molar-refractivity contribution >= 4 is 11.8 Å². The Bertz CT molecular complexity index is 832. The van der Waals surface area contributed by atoms with Gasteiger partial charge in [-0.1, -0.05) is 19.9 Å². The van der Waals surface area contributed by atoms with Crippen molar-refractivity contribution in [2.45, 2.75) is 39.4 Å². The lowest BCUT2D eigenvalue weighted by molar-refractivity contribution is -0.484. The molecule has 1 fully saturated rings. The number of ether oxygens (including phenoxy) is 5. The molecule has 1 saturated heterocycles. The number of nitro groups is 1. The third-order valence-corrected chi connectivity index (χ3v) is 5.35. The molecule has 0 spiro atoms. The maximum atomic E-state index is 13.4. The van der Waals surface area contributed by atoms with E-state index < -0.39 is 46.8 Å². The lowest BCUT2D eigenvalue weighted by atomic mass is 9.76. The first-order valence-electron chi connectivity index (χ1n) is 10.2. The van der Waals surface area contributed by atoms with Crippen LogP contribution in [0.25, 0.3) is 0 Å². The number of esters is 1. The first-order valence-corrected chi connectivity index (χ1v) is 10.2. The van der Waals surface area contributed by atoms with Gasteiger partial charge in [-0.25, -0.2) is 0 Å². The van der Waals surface area contributed by atoms with Crippen LogP contribution in [0.3, 0.4) is 0 Å². The average molecular weight is 437 g/mol. The molecule has 0 radical (unpaired) electrons. The van der Waals surface area contributed by atoms with Gasteiger partial charge in [0, 0.05) is 16.8 Å². The van der Waals surface area contributed by atoms with Crippen molar-refractivity contribution in [2.24, 2.45) is 11.3 Å². The summed E-state index contributed by atoms with van der Waals surface area (Å²) in [6, 6.07) is 4.79. The minimum Gasteiger partial charge on any atom is -0.465 e. The van der Waals surface area contributed by atoms with Crippen LogP contribution in [0.15, 0.2) is 18.2 Å². The molecule has 10 heteroatoms. The number of carbonyl (C=O) groups is 2. The Morgan fingerprint density at radius 1 is 1.23 bits per heavy atom. The number of hydrogen-bond donors (Lipinski definition) is 0. The maximum absolute atomic E-state index is 13.4. The average Bonchev–Trinajstić information content (AvgIpc) is 3.38. The second kappa shape index (κ2) is 9.61. The molecule has 1 aromatic rings. The normalized spacial score (nSPS) is 17.9. The third-order valence-electron chi connectivity index (χ3n) is 5.35. The molecule has 0 aliphatic carbocycles. The van der Waals surface area contributed by atoms with E-state index in [4.69, 9.17) is 23.7 Å². The number of benzene rings is 1. The van der Waals surface area contributed by atoms with Crippen LogP contribution >= 0.6 is 0 Å². The smallest absolute Gasteiger partial charge is 0.317 e. The van der Waals surface area contributed by atoms with Gasteiger partial charge < -0.3 is 23.7 Å². The van der Waals surface area contributed by atoms with E-state index in [-0.39, 0.29) is 19.8 Å². The zero-order valence-electron chi connectivity index (χ0n) is 17.8. The highest BCUT2D eigenvalue weighted by molar-refractivity contribution is 6.00. The highest BCUT2D eigenvalue weighted by atomic mass is 16.7. The molecule has 0 saturated carbocycles. The van der Waals surface area contributed by atoms with Gasteiger partial charge in [0.25, 0.3) is 0 Å². The van der Waals surface area contributed by atoms with Gasteiger partial charge >= 0.3 is 5.97 Å². The molecule has 2 unspecified atom stereocenters. The predicted octanol–water partition coefficient (Wildman–Crippen LogP) is 2.31. The van der Waals surface area contributed by atoms with E-state index in [2.05, 4.69) is 0 Å². The van der Waals surface area contributed by atoms with Gasteiger partial charge in [-0.05, 0) is 24.6 Å². The topological polar surface area (TPSA) is 123 Å². The summed E-state index contributed by atoms with van der Waals surface area (Å²) in [5, 5.41) is 11.5. The molecule has 1 aromatic carbocycles. The number of rotatable bonds is 10. The SMILES string of the molecule is CCOC(=O)C(C(=O)CC(C)(C)C1OCCO1)C(C[N+](=O)[O-])c1ccc2c(c1)OCO2. The summed E-state index contributed by atoms with van der Waals surface area (Å²) < 4.78 is 26.9. The Morgan fingerprint density at radius 2 is 1.90 bits per heavy atom. The molecule has 0 amide bonds. The molecular weight excluding hydrogens is 410 g/mol. The van der Waals surface area contributed by atoms with Crippen molar-refractivity contribution in [3.63, 3.8) is 0 Å². The molecule has 2 atom stereocenters. The zero-order valence-corrected chi connectivity index (χ0v) is 17.8. The second-order valence-corrected chi connectivity index (χ2v) is 8.17. The lowest BCUT2D eigenvalue weighted by Gasteiger charge is -2.31. The summed E-state index contributed by atoms with van der Waals surface area (Å²) in [7, 11) is 0. The summed E-state index contributed by atoms with van der Waals surface area (Å²) in [6.07, 6.45) is -0.668. The molecule has 170 valence electrons. The fourth-order valence-electron chi connectivity index (χ4n) is 3.91. The lowest BCUT2D eigenvalue weighted by Crippen LogP contribution is -2.40. The number of fused-ring (bicyclic) bond motifs is 1. The van der Waals surface area contributed by atoms with E-state index in [0.717, 1.165) is 0 Å². The molecule has 2 aliphatic heterocycles. The summed E-state index contributed by atoms with van der Waals surface area (Å²) in [4.78, 5) is 37.1. The summed E-state index contributed by atoms with van der Waals surface area (Å²) in [6.45, 7) is 5.52. The van der Waals surface area contributed by atoms with E-state index in [1.165, 1.54) is 0 Å². The molecular formula is C21H27NO9. The van der Waals surface area contributed by atoms with Crippen LogP contribution in [0.2, 0.25) is 0 Å². The fraction of sp³-hybridized carbons (Fsp3) is 0.619. The second-order valence-electron chi connectivity index (χ2n) is 8.17. The van der Waals surface area contributed by atoms with Crippen molar-refractivity contribution in [1.82, 2.24) is 0 Å². The van der Waals surface area contributed by atoms with Crippen molar-refractivity contribution in [2.75, 3.05) is 33.2 Å². The van der Waals surface area contributed by atoms with Crippen LogP contribution < -0.4 is 9.47 Å². The van der Waals surface area contributed by atoms with Crippen molar-refractivity contribution < 1.29 is 38.2 Å². The van der Waals surface area contributed by atoms with E-state index in [9.17, 15) is 19.7 Å². The number of hydrogen-bond acceptors (Lipinski definition) is 9. The zero-order chi connectivity index (χ0) is 22.6. The van der Waals surface area contributed by atoms with Gasteiger partial charge in [0.2, 0.25) is 13.3 Å². The van der Waals surface area contributed by atoms with Crippen LogP contribution in [0.5, 0.6) is 11.5 Å². The molecule has 3 rings (SSSR count). The van der Waals surface area contributed by atoms with Gasteiger partial charge in [0.15, 0.2) is 17.8 Å². The van der Waals surface area contributed by atoms with Crippen LogP contribution in [-0.4, -0.2) is 56.1 Å². The Kier molecular flexibility index (Phi) is 7.11. The van der Waals surface area contributed by atoms with Crippen LogP contribution in [-0.2, 0) is 23.8 Å². The van der Waals surface area contributed by atoms with Gasteiger partial charge in [0.05, 0.1) is 25.7 Å². The van der Waals surface area contributed by atoms with E-state index in [1.54, 1.807) is 39.0 Å². The van der Waals surface area contributed by atoms with Crippen LogP contribution in [0.4, 0.5) is 0 Å². The Labute approximate surface area is 179 Å². The Hall–Kier alpha value is -2.72. The molecule has 0 bridgehead atoms. The van der Waals surface area contributed by atoms with Crippen molar-refractivity contribution in [1.29, 1.82) is 0 Å². The Balaban J connectivity index is 1.93. The first kappa shape index (κ1) is 23.0. The standard InChI is InChI=1S/C21H27NO9/c1-4-27-19(24)18(15(23)10-21(2,3)20-28-7-8-29-20)14(11-22(25)26)13-5-6-16-17(9-13)31-12-30-16/h5-6,9,14,18,20H,4,7-8,10-12H2,1-3H3. The van der Waals surface area contributed by atoms with Crippen LogP contribution in [0.1, 0.15) is 38.7 Å². The largest absolute Gasteiger partial charge is 0.465 e. The highest BCUT2D eigenvalue weighted by Gasteiger charge is 2.44. The number of carbonyl (C=O) groups excluding carboxylic acids is 2. The summed E-state index contributed by atoms with van der Waals surface area (Å²) >= 11 is 0. The minimum absolute atomic E-state index is 0.0362. The van der Waals surface area contributed by atoms with E-state index >= 15 is 0 Å². The molecule has 0 N–H and O–H groups in total. The van der Waals surface area contributed by atoms with Crippen LogP contribution in [0, 0.1) is 21.4 Å². The fourth-order valence-corrected chi connectivity index (χ4v) is 3.91. The Morgan fingerprint density at radius 3 is 2.55 bits per heavy atom. The number of nitrogens with zero attached hydrogens (tertiary/aromatic N) is 1. The summed E-state index contributed by atoms with van der Waals surface area (Å²) in [5.74, 6) is -2.73. The number of ketones is 1. The maximum Gasteiger partial charge on any atom is 0.317 e. The van der Waals surface area contributed by atoms with Gasteiger partial charge in [-0.15, -0.1) is 0 Å². The monoisotopic (exact) mass is 437 g/mol. The van der Waals surface area contributed by atoms with Gasteiger partial charge in [0.1, 0.15) is 11.7 Å². The van der Waals surface area contributed by atoms with Crippen molar-refractivity contribution in [3.8, 4) is 11.5 Å². The van der Waals surface area contributed by atoms with E-state index in [0.29, 0.717) is 30.3 Å². The molecule has 2 aliphatic rings. The minimum atomic E-state index is -1.36. The van der Waals surface area contributed by atoms with Gasteiger partial charge in [-0.3, -0.25) is 19.7 Å². The highest BCUT2D eigenvalue weighted by Crippen LogP contribution is 2.39.